The summed E-state index contributed by atoms with van der Waals surface area (Å²) in [7, 11) is 1.72. The van der Waals surface area contributed by atoms with Crippen LogP contribution >= 0.6 is 0 Å². The summed E-state index contributed by atoms with van der Waals surface area (Å²) in [4.78, 5) is 13.8. The van der Waals surface area contributed by atoms with Gasteiger partial charge in [0.25, 0.3) is 0 Å². The van der Waals surface area contributed by atoms with E-state index in [0.29, 0.717) is 18.9 Å². The van der Waals surface area contributed by atoms with Crippen molar-refractivity contribution < 1.29 is 14.6 Å². The van der Waals surface area contributed by atoms with E-state index in [9.17, 15) is 4.79 Å². The number of rotatable bonds is 7. The maximum absolute atomic E-state index is 12.2. The highest BCUT2D eigenvalue weighted by Gasteiger charge is 2.35. The molecule has 0 unspecified atom stereocenters. The van der Waals surface area contributed by atoms with Gasteiger partial charge in [-0.1, -0.05) is 50.2 Å². The number of fused-ring (bicyclic) bond motifs is 1. The number of amides is 1. The standard InChI is InChI=1S/C24H31NO3/c1-17(2)20-8-5-18(6-9-20)15-24(3)16-21-13-19(7-10-22(21)28-24)14-23(27)25(4)11-12-26/h5-10,13,17,26H,11-12,14-16H2,1-4H3/t24-/m1/s1. The number of aliphatic hydroxyl groups excluding tert-OH is 1. The predicted octanol–water partition coefficient (Wildman–Crippen LogP) is 3.74. The molecule has 2 aromatic carbocycles. The van der Waals surface area contributed by atoms with Crippen LogP contribution in [0.1, 0.15) is 48.9 Å². The fraction of sp³-hybridized carbons (Fsp3) is 0.458. The van der Waals surface area contributed by atoms with Crippen molar-refractivity contribution in [3.8, 4) is 5.75 Å². The van der Waals surface area contributed by atoms with Gasteiger partial charge in [-0.25, -0.2) is 0 Å². The van der Waals surface area contributed by atoms with Crippen molar-refractivity contribution in [1.82, 2.24) is 4.90 Å². The van der Waals surface area contributed by atoms with Gasteiger partial charge < -0.3 is 14.7 Å². The zero-order chi connectivity index (χ0) is 20.3. The molecule has 2 aromatic rings. The number of aliphatic hydroxyl groups is 1. The number of likely N-dealkylation sites (N-methyl/N-ethyl adjacent to an activating group) is 1. The Labute approximate surface area is 168 Å². The molecule has 0 spiro atoms. The third kappa shape index (κ3) is 4.74. The van der Waals surface area contributed by atoms with Crippen LogP contribution in [0.4, 0.5) is 0 Å². The average Bonchev–Trinajstić information content (AvgIpc) is 2.97. The highest BCUT2D eigenvalue weighted by atomic mass is 16.5. The van der Waals surface area contributed by atoms with E-state index in [1.807, 2.05) is 12.1 Å². The number of carbonyl (C=O) groups is 1. The van der Waals surface area contributed by atoms with E-state index >= 15 is 0 Å². The van der Waals surface area contributed by atoms with E-state index < -0.39 is 0 Å². The SMILES string of the molecule is CC(C)c1ccc(C[C@]2(C)Cc3cc(CC(=O)N(C)CCO)ccc3O2)cc1. The summed E-state index contributed by atoms with van der Waals surface area (Å²) in [6.07, 6.45) is 2.04. The number of hydrogen-bond donors (Lipinski definition) is 1. The predicted molar refractivity (Wildman–Crippen MR) is 112 cm³/mol. The molecule has 0 aliphatic carbocycles. The topological polar surface area (TPSA) is 49.8 Å². The Morgan fingerprint density at radius 1 is 1.18 bits per heavy atom. The summed E-state index contributed by atoms with van der Waals surface area (Å²) >= 11 is 0. The van der Waals surface area contributed by atoms with E-state index in [1.54, 1.807) is 11.9 Å². The van der Waals surface area contributed by atoms with Gasteiger partial charge in [-0.3, -0.25) is 4.79 Å². The second kappa shape index (κ2) is 8.36. The number of hydrogen-bond acceptors (Lipinski definition) is 3. The molecule has 1 atom stereocenters. The first-order valence-electron chi connectivity index (χ1n) is 10.0. The minimum atomic E-state index is -0.266. The van der Waals surface area contributed by atoms with Crippen LogP contribution in [-0.2, 0) is 24.1 Å². The fourth-order valence-corrected chi connectivity index (χ4v) is 3.82. The van der Waals surface area contributed by atoms with Gasteiger partial charge in [0, 0.05) is 26.4 Å². The van der Waals surface area contributed by atoms with Gasteiger partial charge in [0.2, 0.25) is 5.91 Å². The van der Waals surface area contributed by atoms with Crippen LogP contribution in [-0.4, -0.2) is 41.7 Å². The Morgan fingerprint density at radius 2 is 1.86 bits per heavy atom. The third-order valence-electron chi connectivity index (χ3n) is 5.49. The monoisotopic (exact) mass is 381 g/mol. The number of nitrogens with zero attached hydrogens (tertiary/aromatic N) is 1. The molecule has 1 aliphatic rings. The highest BCUT2D eigenvalue weighted by Crippen LogP contribution is 2.37. The molecule has 1 aliphatic heterocycles. The van der Waals surface area contributed by atoms with Crippen LogP contribution in [0.3, 0.4) is 0 Å². The lowest BCUT2D eigenvalue weighted by atomic mass is 9.90. The second-order valence-corrected chi connectivity index (χ2v) is 8.46. The molecule has 3 rings (SSSR count). The molecule has 0 aromatic heterocycles. The van der Waals surface area contributed by atoms with Crippen molar-refractivity contribution in [2.45, 2.75) is 51.6 Å². The molecule has 1 heterocycles. The lowest BCUT2D eigenvalue weighted by molar-refractivity contribution is -0.129. The third-order valence-corrected chi connectivity index (χ3v) is 5.49. The number of benzene rings is 2. The molecule has 4 nitrogen and oxygen atoms in total. The molecule has 0 saturated carbocycles. The van der Waals surface area contributed by atoms with Crippen molar-refractivity contribution in [2.75, 3.05) is 20.2 Å². The maximum atomic E-state index is 12.2. The van der Waals surface area contributed by atoms with Crippen molar-refractivity contribution >= 4 is 5.91 Å². The molecular formula is C24H31NO3. The fourth-order valence-electron chi connectivity index (χ4n) is 3.82. The lowest BCUT2D eigenvalue weighted by Gasteiger charge is -2.24. The highest BCUT2D eigenvalue weighted by molar-refractivity contribution is 5.78. The Morgan fingerprint density at radius 3 is 2.50 bits per heavy atom. The molecule has 150 valence electrons. The van der Waals surface area contributed by atoms with Crippen LogP contribution in [0.25, 0.3) is 0 Å². The van der Waals surface area contributed by atoms with Gasteiger partial charge >= 0.3 is 0 Å². The van der Waals surface area contributed by atoms with Gasteiger partial charge in [-0.05, 0) is 41.2 Å². The molecule has 0 bridgehead atoms. The minimum absolute atomic E-state index is 0.0147. The van der Waals surface area contributed by atoms with Crippen LogP contribution < -0.4 is 4.74 Å². The van der Waals surface area contributed by atoms with E-state index in [4.69, 9.17) is 9.84 Å². The number of carbonyl (C=O) groups excluding carboxylic acids is 1. The quantitative estimate of drug-likeness (QED) is 0.795. The van der Waals surface area contributed by atoms with Crippen molar-refractivity contribution in [3.05, 3.63) is 64.7 Å². The summed E-state index contributed by atoms with van der Waals surface area (Å²) in [5.41, 5.74) is 4.52. The smallest absolute Gasteiger partial charge is 0.226 e. The molecule has 0 saturated heterocycles. The molecule has 4 heteroatoms. The first kappa shape index (κ1) is 20.4. The van der Waals surface area contributed by atoms with Crippen molar-refractivity contribution in [3.63, 3.8) is 0 Å². The molecule has 0 radical (unpaired) electrons. The summed E-state index contributed by atoms with van der Waals surface area (Å²) in [5, 5.41) is 8.99. The zero-order valence-corrected chi connectivity index (χ0v) is 17.4. The van der Waals surface area contributed by atoms with E-state index in [-0.39, 0.29) is 18.1 Å². The van der Waals surface area contributed by atoms with E-state index in [1.165, 1.54) is 11.1 Å². The second-order valence-electron chi connectivity index (χ2n) is 8.46. The summed E-state index contributed by atoms with van der Waals surface area (Å²) in [5.74, 6) is 1.47. The lowest BCUT2D eigenvalue weighted by Crippen LogP contribution is -2.32. The normalized spacial score (nSPS) is 18.1. The first-order valence-corrected chi connectivity index (χ1v) is 10.0. The van der Waals surface area contributed by atoms with Gasteiger partial charge in [0.05, 0.1) is 13.0 Å². The van der Waals surface area contributed by atoms with Gasteiger partial charge in [0.1, 0.15) is 11.4 Å². The van der Waals surface area contributed by atoms with Gasteiger partial charge in [0.15, 0.2) is 0 Å². The first-order chi connectivity index (χ1) is 13.3. The van der Waals surface area contributed by atoms with Crippen molar-refractivity contribution in [1.29, 1.82) is 0 Å². The molecule has 1 amide bonds. The van der Waals surface area contributed by atoms with Crippen LogP contribution in [0.15, 0.2) is 42.5 Å². The average molecular weight is 382 g/mol. The minimum Gasteiger partial charge on any atom is -0.487 e. The molecule has 28 heavy (non-hydrogen) atoms. The van der Waals surface area contributed by atoms with Gasteiger partial charge in [-0.15, -0.1) is 0 Å². The summed E-state index contributed by atoms with van der Waals surface area (Å²) < 4.78 is 6.29. The van der Waals surface area contributed by atoms with Gasteiger partial charge in [-0.2, -0.15) is 0 Å². The van der Waals surface area contributed by atoms with Crippen LogP contribution in [0, 0.1) is 0 Å². The van der Waals surface area contributed by atoms with E-state index in [0.717, 1.165) is 29.7 Å². The van der Waals surface area contributed by atoms with Crippen LogP contribution in [0.2, 0.25) is 0 Å². The van der Waals surface area contributed by atoms with E-state index in [2.05, 4.69) is 51.1 Å². The maximum Gasteiger partial charge on any atom is 0.226 e. The number of ether oxygens (including phenoxy) is 1. The Hall–Kier alpha value is -2.33. The zero-order valence-electron chi connectivity index (χ0n) is 17.4. The molecular weight excluding hydrogens is 350 g/mol. The Kier molecular flexibility index (Phi) is 6.09. The summed E-state index contributed by atoms with van der Waals surface area (Å²) in [6, 6.07) is 14.9. The molecule has 1 N–H and O–H groups in total. The summed E-state index contributed by atoms with van der Waals surface area (Å²) in [6.45, 7) is 6.91. The Balaban J connectivity index is 1.67. The molecule has 0 fully saturated rings. The van der Waals surface area contributed by atoms with Crippen molar-refractivity contribution in [2.24, 2.45) is 0 Å². The van der Waals surface area contributed by atoms with Crippen LogP contribution in [0.5, 0.6) is 5.75 Å². The Bertz CT molecular complexity index is 828. The largest absolute Gasteiger partial charge is 0.487 e.